The molecule has 5 fully saturated rings. The van der Waals surface area contributed by atoms with Crippen molar-refractivity contribution in [3.05, 3.63) is 0 Å². The molecule has 5 rings (SSSR count). The van der Waals surface area contributed by atoms with Crippen molar-refractivity contribution in [2.75, 3.05) is 13.2 Å². The van der Waals surface area contributed by atoms with Gasteiger partial charge >= 0.3 is 12.0 Å². The maximum atomic E-state index is 12.4. The Morgan fingerprint density at radius 3 is 2.23 bits per heavy atom. The fraction of sp³-hybridized carbons (Fsp3) is 0.818. The van der Waals surface area contributed by atoms with Crippen molar-refractivity contribution < 1.29 is 23.9 Å². The molecule has 30 heavy (non-hydrogen) atoms. The minimum atomic E-state index is -0.998. The number of carbonyl (C=O) groups is 4. The van der Waals surface area contributed by atoms with E-state index < -0.39 is 36.6 Å². The van der Waals surface area contributed by atoms with Gasteiger partial charge in [-0.3, -0.25) is 19.3 Å². The molecule has 4 amide bonds. The van der Waals surface area contributed by atoms with Crippen LogP contribution in [0.15, 0.2) is 0 Å². The fourth-order valence-corrected chi connectivity index (χ4v) is 6.60. The first-order valence-corrected chi connectivity index (χ1v) is 11.2. The summed E-state index contributed by atoms with van der Waals surface area (Å²) in [6.45, 7) is 4.60. The van der Waals surface area contributed by atoms with Gasteiger partial charge in [-0.15, -0.1) is 0 Å². The second-order valence-corrected chi connectivity index (χ2v) is 10.2. The van der Waals surface area contributed by atoms with Crippen molar-refractivity contribution in [1.29, 1.82) is 0 Å². The van der Waals surface area contributed by atoms with Crippen LogP contribution in [0.2, 0.25) is 0 Å². The van der Waals surface area contributed by atoms with Gasteiger partial charge < -0.3 is 15.4 Å². The molecule has 0 aromatic carbocycles. The van der Waals surface area contributed by atoms with Gasteiger partial charge in [-0.25, -0.2) is 4.79 Å². The molecule has 0 aromatic rings. The summed E-state index contributed by atoms with van der Waals surface area (Å²) in [6.07, 6.45) is 8.01. The Kier molecular flexibility index (Phi) is 5.31. The smallest absolute Gasteiger partial charge is 0.326 e. The highest BCUT2D eigenvalue weighted by Gasteiger charge is 2.53. The largest absolute Gasteiger partial charge is 0.454 e. The van der Waals surface area contributed by atoms with Gasteiger partial charge in [-0.2, -0.15) is 0 Å². The van der Waals surface area contributed by atoms with Crippen molar-refractivity contribution in [3.63, 3.8) is 0 Å². The lowest BCUT2D eigenvalue weighted by atomic mass is 9.48. The third-order valence-corrected chi connectivity index (χ3v) is 8.09. The second-order valence-electron chi connectivity index (χ2n) is 10.2. The number of urea groups is 1. The van der Waals surface area contributed by atoms with Gasteiger partial charge in [0, 0.05) is 6.04 Å². The van der Waals surface area contributed by atoms with E-state index in [0.29, 0.717) is 6.42 Å². The van der Waals surface area contributed by atoms with Crippen LogP contribution in [0.25, 0.3) is 0 Å². The summed E-state index contributed by atoms with van der Waals surface area (Å²) in [5, 5.41) is 5.64. The van der Waals surface area contributed by atoms with Crippen LogP contribution >= 0.6 is 0 Å². The van der Waals surface area contributed by atoms with Crippen molar-refractivity contribution in [2.24, 2.45) is 23.2 Å². The first-order valence-electron chi connectivity index (χ1n) is 11.2. The molecule has 1 saturated heterocycles. The zero-order chi connectivity index (χ0) is 21.7. The molecular formula is C22H33N3O5. The van der Waals surface area contributed by atoms with Crippen LogP contribution < -0.4 is 10.6 Å². The summed E-state index contributed by atoms with van der Waals surface area (Å²) < 4.78 is 5.06. The molecule has 2 atom stereocenters. The second kappa shape index (κ2) is 7.54. The third kappa shape index (κ3) is 3.69. The molecule has 166 valence electrons. The average Bonchev–Trinajstić information content (AvgIpc) is 2.89. The van der Waals surface area contributed by atoms with Crippen LogP contribution in [0.3, 0.4) is 0 Å². The number of amides is 4. The van der Waals surface area contributed by atoms with Crippen LogP contribution in [0.4, 0.5) is 4.79 Å². The Morgan fingerprint density at radius 1 is 1.17 bits per heavy atom. The number of ether oxygens (including phenoxy) is 1. The summed E-state index contributed by atoms with van der Waals surface area (Å²) in [5.41, 5.74) is -0.818. The van der Waals surface area contributed by atoms with Gasteiger partial charge in [-0.05, 0) is 82.0 Å². The van der Waals surface area contributed by atoms with E-state index in [0.717, 1.165) is 22.7 Å². The van der Waals surface area contributed by atoms with Gasteiger partial charge in [-0.1, -0.05) is 6.92 Å². The highest BCUT2D eigenvalue weighted by molar-refractivity contribution is 6.08. The monoisotopic (exact) mass is 419 g/mol. The molecule has 4 aliphatic carbocycles. The first-order chi connectivity index (χ1) is 14.1. The highest BCUT2D eigenvalue weighted by Crippen LogP contribution is 2.61. The SMILES string of the molecule is CC[C@]1(C)NC(=O)N(CC(=O)OCC(=O)N[C@H](C)C23CC4CC(CC(C4)C2)C3)C1=O. The number of esters is 1. The number of hydrogen-bond acceptors (Lipinski definition) is 5. The summed E-state index contributed by atoms with van der Waals surface area (Å²) in [4.78, 5) is 49.7. The molecule has 0 spiro atoms. The van der Waals surface area contributed by atoms with E-state index in [-0.39, 0.29) is 17.4 Å². The molecule has 2 N–H and O–H groups in total. The van der Waals surface area contributed by atoms with E-state index in [1.54, 1.807) is 13.8 Å². The molecule has 4 saturated carbocycles. The molecule has 0 radical (unpaired) electrons. The lowest BCUT2D eigenvalue weighted by molar-refractivity contribution is -0.151. The third-order valence-electron chi connectivity index (χ3n) is 8.09. The Bertz CT molecular complexity index is 731. The number of nitrogens with one attached hydrogen (secondary N) is 2. The Balaban J connectivity index is 1.26. The first kappa shape index (κ1) is 21.1. The van der Waals surface area contributed by atoms with Gasteiger partial charge in [0.2, 0.25) is 0 Å². The summed E-state index contributed by atoms with van der Waals surface area (Å²) in [6, 6.07) is -0.561. The van der Waals surface area contributed by atoms with Crippen molar-refractivity contribution in [1.82, 2.24) is 15.5 Å². The van der Waals surface area contributed by atoms with Gasteiger partial charge in [0.15, 0.2) is 6.61 Å². The van der Waals surface area contributed by atoms with E-state index in [1.807, 2.05) is 0 Å². The van der Waals surface area contributed by atoms with Crippen LogP contribution in [0.1, 0.15) is 65.7 Å². The zero-order valence-electron chi connectivity index (χ0n) is 18.2. The van der Waals surface area contributed by atoms with Crippen LogP contribution in [-0.4, -0.2) is 53.4 Å². The van der Waals surface area contributed by atoms with Gasteiger partial charge in [0.1, 0.15) is 12.1 Å². The number of carbonyl (C=O) groups excluding carboxylic acids is 4. The maximum Gasteiger partial charge on any atom is 0.326 e. The summed E-state index contributed by atoms with van der Waals surface area (Å²) in [5.74, 6) is 0.842. The lowest BCUT2D eigenvalue weighted by Gasteiger charge is -2.59. The zero-order valence-corrected chi connectivity index (χ0v) is 18.2. The predicted octanol–water partition coefficient (Wildman–Crippen LogP) is 1.97. The van der Waals surface area contributed by atoms with Crippen molar-refractivity contribution in [2.45, 2.75) is 77.3 Å². The number of imide groups is 1. The van der Waals surface area contributed by atoms with Gasteiger partial charge in [0.25, 0.3) is 11.8 Å². The normalized spacial score (nSPS) is 37.8. The maximum absolute atomic E-state index is 12.4. The predicted molar refractivity (Wildman–Crippen MR) is 108 cm³/mol. The van der Waals surface area contributed by atoms with Crippen LogP contribution in [-0.2, 0) is 19.1 Å². The molecule has 1 aliphatic heterocycles. The minimum absolute atomic E-state index is 0.0494. The molecular weight excluding hydrogens is 386 g/mol. The topological polar surface area (TPSA) is 105 Å². The van der Waals surface area contributed by atoms with E-state index in [2.05, 4.69) is 17.6 Å². The number of nitrogens with zero attached hydrogens (tertiary/aromatic N) is 1. The molecule has 0 aromatic heterocycles. The molecule has 0 unspecified atom stereocenters. The number of hydrogen-bond donors (Lipinski definition) is 2. The molecule has 4 bridgehead atoms. The lowest BCUT2D eigenvalue weighted by Crippen LogP contribution is -2.56. The highest BCUT2D eigenvalue weighted by atomic mass is 16.5. The Morgan fingerprint density at radius 2 is 1.73 bits per heavy atom. The van der Waals surface area contributed by atoms with Crippen molar-refractivity contribution in [3.8, 4) is 0 Å². The van der Waals surface area contributed by atoms with E-state index in [1.165, 1.54) is 38.5 Å². The van der Waals surface area contributed by atoms with E-state index in [9.17, 15) is 19.2 Å². The quantitative estimate of drug-likeness (QED) is 0.485. The van der Waals surface area contributed by atoms with E-state index in [4.69, 9.17) is 4.74 Å². The van der Waals surface area contributed by atoms with Gasteiger partial charge in [0.05, 0.1) is 0 Å². The van der Waals surface area contributed by atoms with Crippen LogP contribution in [0.5, 0.6) is 0 Å². The standard InChI is InChI=1S/C22H33N3O5/c1-4-21(3)19(28)25(20(29)24-21)11-18(27)30-12-17(26)23-13(2)22-8-14-5-15(9-22)7-16(6-14)10-22/h13-16H,4-12H2,1-3H3,(H,23,26)(H,24,29)/t13-,14?,15?,16?,21+,22?/m1/s1. The Labute approximate surface area is 177 Å². The van der Waals surface area contributed by atoms with Crippen LogP contribution in [0, 0.1) is 23.2 Å². The fourth-order valence-electron chi connectivity index (χ4n) is 6.60. The Hall–Kier alpha value is -2.12. The average molecular weight is 420 g/mol. The molecule has 8 heteroatoms. The van der Waals surface area contributed by atoms with Crippen molar-refractivity contribution >= 4 is 23.8 Å². The minimum Gasteiger partial charge on any atom is -0.454 e. The number of rotatable bonds is 7. The molecule has 5 aliphatic rings. The van der Waals surface area contributed by atoms with E-state index >= 15 is 0 Å². The summed E-state index contributed by atoms with van der Waals surface area (Å²) >= 11 is 0. The molecule has 1 heterocycles. The summed E-state index contributed by atoms with van der Waals surface area (Å²) in [7, 11) is 0. The molecule has 8 nitrogen and oxygen atoms in total.